The fourth-order valence-electron chi connectivity index (χ4n) is 1.73. The molecule has 0 aliphatic heterocycles. The van der Waals surface area contributed by atoms with Gasteiger partial charge in [-0.05, 0) is 23.6 Å². The standard InChI is InChI=1S/C14H18O4/c1-9(2)12(8-14(15)16)11-6-5-10(17-3)7-13(11)18-4/h5-9H,1-4H3,(H,15,16)/b12-8+. The van der Waals surface area contributed by atoms with E-state index in [0.717, 1.165) is 11.1 Å². The lowest BCUT2D eigenvalue weighted by Crippen LogP contribution is -2.01. The van der Waals surface area contributed by atoms with Crippen LogP contribution in [-0.4, -0.2) is 25.3 Å². The molecule has 0 radical (unpaired) electrons. The van der Waals surface area contributed by atoms with Crippen molar-refractivity contribution in [2.45, 2.75) is 13.8 Å². The second-order valence-electron chi connectivity index (χ2n) is 4.16. The van der Waals surface area contributed by atoms with Crippen LogP contribution < -0.4 is 9.47 Å². The number of allylic oxidation sites excluding steroid dienone is 1. The van der Waals surface area contributed by atoms with E-state index in [-0.39, 0.29) is 5.92 Å². The van der Waals surface area contributed by atoms with Crippen molar-refractivity contribution in [3.05, 3.63) is 29.8 Å². The number of carboxylic acids is 1. The van der Waals surface area contributed by atoms with Crippen LogP contribution >= 0.6 is 0 Å². The van der Waals surface area contributed by atoms with Crippen LogP contribution in [0.3, 0.4) is 0 Å². The van der Waals surface area contributed by atoms with Gasteiger partial charge in [0.05, 0.1) is 14.2 Å². The van der Waals surface area contributed by atoms with Gasteiger partial charge in [-0.2, -0.15) is 0 Å². The van der Waals surface area contributed by atoms with Crippen LogP contribution in [0.5, 0.6) is 11.5 Å². The summed E-state index contributed by atoms with van der Waals surface area (Å²) in [6.07, 6.45) is 1.22. The number of hydrogen-bond acceptors (Lipinski definition) is 3. The fraction of sp³-hybridized carbons (Fsp3) is 0.357. The molecule has 0 aromatic heterocycles. The fourth-order valence-corrected chi connectivity index (χ4v) is 1.73. The summed E-state index contributed by atoms with van der Waals surface area (Å²) in [5, 5.41) is 8.92. The summed E-state index contributed by atoms with van der Waals surface area (Å²) < 4.78 is 10.4. The Kier molecular flexibility index (Phi) is 4.77. The maximum atomic E-state index is 10.9. The van der Waals surface area contributed by atoms with Crippen LogP contribution in [0.1, 0.15) is 19.4 Å². The van der Waals surface area contributed by atoms with Gasteiger partial charge >= 0.3 is 5.97 Å². The van der Waals surface area contributed by atoms with Crippen molar-refractivity contribution < 1.29 is 19.4 Å². The lowest BCUT2D eigenvalue weighted by Gasteiger charge is -2.15. The zero-order valence-electron chi connectivity index (χ0n) is 11.1. The predicted molar refractivity (Wildman–Crippen MR) is 70.0 cm³/mol. The Balaban J connectivity index is 3.32. The Bertz CT molecular complexity index is 461. The SMILES string of the molecule is COc1ccc(/C(=C/C(=O)O)C(C)C)c(OC)c1. The van der Waals surface area contributed by atoms with E-state index in [4.69, 9.17) is 14.6 Å². The van der Waals surface area contributed by atoms with E-state index in [2.05, 4.69) is 0 Å². The van der Waals surface area contributed by atoms with Crippen molar-refractivity contribution in [3.63, 3.8) is 0 Å². The third kappa shape index (κ3) is 3.26. The number of benzene rings is 1. The van der Waals surface area contributed by atoms with E-state index in [9.17, 15) is 4.79 Å². The van der Waals surface area contributed by atoms with Crippen molar-refractivity contribution in [2.75, 3.05) is 14.2 Å². The maximum Gasteiger partial charge on any atom is 0.328 e. The summed E-state index contributed by atoms with van der Waals surface area (Å²) in [6, 6.07) is 5.34. The molecule has 0 fully saturated rings. The minimum absolute atomic E-state index is 0.0865. The molecule has 4 nitrogen and oxygen atoms in total. The van der Waals surface area contributed by atoms with Crippen LogP contribution in [0.4, 0.5) is 0 Å². The minimum Gasteiger partial charge on any atom is -0.497 e. The molecule has 0 aliphatic carbocycles. The molecule has 98 valence electrons. The molecule has 0 atom stereocenters. The summed E-state index contributed by atoms with van der Waals surface area (Å²) in [6.45, 7) is 3.89. The quantitative estimate of drug-likeness (QED) is 0.816. The van der Waals surface area contributed by atoms with Gasteiger partial charge in [-0.3, -0.25) is 0 Å². The molecule has 4 heteroatoms. The van der Waals surface area contributed by atoms with Crippen molar-refractivity contribution >= 4 is 11.5 Å². The smallest absolute Gasteiger partial charge is 0.328 e. The molecule has 1 aromatic carbocycles. The van der Waals surface area contributed by atoms with E-state index >= 15 is 0 Å². The van der Waals surface area contributed by atoms with Gasteiger partial charge in [-0.25, -0.2) is 4.79 Å². The lowest BCUT2D eigenvalue weighted by atomic mass is 9.94. The molecular formula is C14H18O4. The minimum atomic E-state index is -0.962. The Hall–Kier alpha value is -1.97. The van der Waals surface area contributed by atoms with Crippen LogP contribution in [0.2, 0.25) is 0 Å². The molecule has 0 aliphatic rings. The average Bonchev–Trinajstić information content (AvgIpc) is 2.34. The molecule has 0 saturated carbocycles. The highest BCUT2D eigenvalue weighted by Crippen LogP contribution is 2.33. The largest absolute Gasteiger partial charge is 0.497 e. The second-order valence-corrected chi connectivity index (χ2v) is 4.16. The molecule has 1 aromatic rings. The molecule has 18 heavy (non-hydrogen) atoms. The Labute approximate surface area is 107 Å². The van der Waals surface area contributed by atoms with E-state index in [1.165, 1.54) is 6.08 Å². The first-order chi connectivity index (χ1) is 8.49. The summed E-state index contributed by atoms with van der Waals surface area (Å²) >= 11 is 0. The van der Waals surface area contributed by atoms with Crippen LogP contribution in [-0.2, 0) is 4.79 Å². The number of hydrogen-bond donors (Lipinski definition) is 1. The zero-order valence-corrected chi connectivity index (χ0v) is 11.1. The van der Waals surface area contributed by atoms with Gasteiger partial charge in [0.1, 0.15) is 11.5 Å². The highest BCUT2D eigenvalue weighted by atomic mass is 16.5. The summed E-state index contributed by atoms with van der Waals surface area (Å²) in [5.41, 5.74) is 1.50. The molecular weight excluding hydrogens is 232 g/mol. The zero-order chi connectivity index (χ0) is 13.7. The summed E-state index contributed by atoms with van der Waals surface area (Å²) in [5.74, 6) is 0.407. The van der Waals surface area contributed by atoms with Gasteiger partial charge in [-0.1, -0.05) is 13.8 Å². The molecule has 1 N–H and O–H groups in total. The summed E-state index contributed by atoms with van der Waals surface area (Å²) in [7, 11) is 3.13. The first-order valence-electron chi connectivity index (χ1n) is 5.66. The normalized spacial score (nSPS) is 11.5. The number of methoxy groups -OCH3 is 2. The van der Waals surface area contributed by atoms with Crippen molar-refractivity contribution in [2.24, 2.45) is 5.92 Å². The van der Waals surface area contributed by atoms with E-state index in [1.807, 2.05) is 19.9 Å². The number of aliphatic carboxylic acids is 1. The van der Waals surface area contributed by atoms with Gasteiger partial charge in [-0.15, -0.1) is 0 Å². The number of carboxylic acid groups (broad SMARTS) is 1. The molecule has 0 heterocycles. The monoisotopic (exact) mass is 250 g/mol. The molecule has 0 unspecified atom stereocenters. The van der Waals surface area contributed by atoms with Crippen molar-refractivity contribution in [1.82, 2.24) is 0 Å². The van der Waals surface area contributed by atoms with Crippen LogP contribution in [0, 0.1) is 5.92 Å². The first kappa shape index (κ1) is 14.1. The van der Waals surface area contributed by atoms with Crippen LogP contribution in [0.15, 0.2) is 24.3 Å². The molecule has 0 saturated heterocycles. The molecule has 1 rings (SSSR count). The number of rotatable bonds is 5. The highest BCUT2D eigenvalue weighted by Gasteiger charge is 2.14. The van der Waals surface area contributed by atoms with E-state index < -0.39 is 5.97 Å². The van der Waals surface area contributed by atoms with Gasteiger partial charge in [0.2, 0.25) is 0 Å². The highest BCUT2D eigenvalue weighted by molar-refractivity contribution is 5.91. The average molecular weight is 250 g/mol. The Morgan fingerprint density at radius 3 is 2.39 bits per heavy atom. The van der Waals surface area contributed by atoms with E-state index in [1.54, 1.807) is 26.4 Å². The number of ether oxygens (including phenoxy) is 2. The van der Waals surface area contributed by atoms with Gasteiger partial charge in [0, 0.05) is 17.7 Å². The molecule has 0 spiro atoms. The third-order valence-corrected chi connectivity index (χ3v) is 2.62. The lowest BCUT2D eigenvalue weighted by molar-refractivity contribution is -0.131. The summed E-state index contributed by atoms with van der Waals surface area (Å²) in [4.78, 5) is 10.9. The van der Waals surface area contributed by atoms with Crippen LogP contribution in [0.25, 0.3) is 5.57 Å². The molecule has 0 amide bonds. The third-order valence-electron chi connectivity index (χ3n) is 2.62. The van der Waals surface area contributed by atoms with Crippen molar-refractivity contribution in [1.29, 1.82) is 0 Å². The van der Waals surface area contributed by atoms with E-state index in [0.29, 0.717) is 11.5 Å². The first-order valence-corrected chi connectivity index (χ1v) is 5.66. The van der Waals surface area contributed by atoms with Gasteiger partial charge in [0.25, 0.3) is 0 Å². The second kappa shape index (κ2) is 6.10. The number of carbonyl (C=O) groups is 1. The van der Waals surface area contributed by atoms with Gasteiger partial charge < -0.3 is 14.6 Å². The van der Waals surface area contributed by atoms with Gasteiger partial charge in [0.15, 0.2) is 0 Å². The predicted octanol–water partition coefficient (Wildman–Crippen LogP) is 2.83. The topological polar surface area (TPSA) is 55.8 Å². The Morgan fingerprint density at radius 2 is 1.94 bits per heavy atom. The maximum absolute atomic E-state index is 10.9. The van der Waals surface area contributed by atoms with Crippen molar-refractivity contribution in [3.8, 4) is 11.5 Å². The molecule has 0 bridgehead atoms. The Morgan fingerprint density at radius 1 is 1.28 bits per heavy atom.